The molecule has 1 aromatic heterocycles. The predicted molar refractivity (Wildman–Crippen MR) is 123 cm³/mol. The molecule has 0 saturated carbocycles. The van der Waals surface area contributed by atoms with Crippen LogP contribution in [0.15, 0.2) is 96.2 Å². The van der Waals surface area contributed by atoms with Gasteiger partial charge in [-0.15, -0.1) is 5.10 Å². The third-order valence-corrected chi connectivity index (χ3v) is 5.77. The zero-order valence-corrected chi connectivity index (χ0v) is 17.9. The number of hydrogen-bond acceptors (Lipinski definition) is 5. The summed E-state index contributed by atoms with van der Waals surface area (Å²) in [4.78, 5) is 14.9. The maximum absolute atomic E-state index is 13.1. The van der Waals surface area contributed by atoms with E-state index in [9.17, 15) is 4.79 Å². The first-order valence-electron chi connectivity index (χ1n) is 10.2. The van der Waals surface area contributed by atoms with Gasteiger partial charge in [-0.1, -0.05) is 78.5 Å². The van der Waals surface area contributed by atoms with E-state index in [2.05, 4.69) is 15.5 Å². The van der Waals surface area contributed by atoms with Crippen molar-refractivity contribution in [3.63, 3.8) is 0 Å². The van der Waals surface area contributed by atoms with Gasteiger partial charge in [-0.3, -0.25) is 4.79 Å². The molecule has 156 valence electrons. The molecule has 3 aromatic carbocycles. The smallest absolute Gasteiger partial charge is 0.227 e. The van der Waals surface area contributed by atoms with Crippen molar-refractivity contribution >= 4 is 23.4 Å². The minimum atomic E-state index is 0.110. The Morgan fingerprint density at radius 2 is 1.52 bits per heavy atom. The van der Waals surface area contributed by atoms with Crippen molar-refractivity contribution in [2.45, 2.75) is 24.5 Å². The third-order valence-electron chi connectivity index (χ3n) is 4.76. The summed E-state index contributed by atoms with van der Waals surface area (Å²) in [6.45, 7) is 0.559. The molecule has 31 heavy (non-hydrogen) atoms. The molecule has 0 atom stereocenters. The summed E-state index contributed by atoms with van der Waals surface area (Å²) in [5, 5.41) is 12.7. The van der Waals surface area contributed by atoms with Gasteiger partial charge in [-0.05, 0) is 46.7 Å². The van der Waals surface area contributed by atoms with E-state index in [1.54, 1.807) is 16.4 Å². The van der Waals surface area contributed by atoms with Crippen LogP contribution in [0.1, 0.15) is 18.4 Å². The van der Waals surface area contributed by atoms with Gasteiger partial charge in [0.05, 0.1) is 12.2 Å². The summed E-state index contributed by atoms with van der Waals surface area (Å²) in [5.74, 6) is 0.866. The van der Waals surface area contributed by atoms with Gasteiger partial charge >= 0.3 is 0 Å². The molecule has 0 bridgehead atoms. The van der Waals surface area contributed by atoms with Crippen LogP contribution in [0.5, 0.6) is 0 Å². The fourth-order valence-electron chi connectivity index (χ4n) is 3.22. The number of nitrogens with zero attached hydrogens (tertiary/aromatic N) is 5. The number of benzene rings is 3. The maximum atomic E-state index is 13.1. The highest BCUT2D eigenvalue weighted by molar-refractivity contribution is 7.99. The SMILES string of the molecule is O=C(CCCSc1nnnn1-c1ccccc1)N(Cc1ccccc1)c1ccccc1. The Morgan fingerprint density at radius 1 is 0.871 bits per heavy atom. The van der Waals surface area contributed by atoms with E-state index in [1.807, 2.05) is 95.9 Å². The third kappa shape index (κ3) is 5.58. The predicted octanol–water partition coefficient (Wildman–Crippen LogP) is 4.77. The lowest BCUT2D eigenvalue weighted by Crippen LogP contribution is -2.30. The first-order valence-corrected chi connectivity index (χ1v) is 11.2. The second-order valence-corrected chi connectivity index (χ2v) is 8.02. The van der Waals surface area contributed by atoms with E-state index >= 15 is 0 Å². The molecule has 7 heteroatoms. The van der Waals surface area contributed by atoms with Crippen LogP contribution < -0.4 is 4.90 Å². The topological polar surface area (TPSA) is 63.9 Å². The molecular formula is C24H23N5OS. The standard InChI is InChI=1S/C24H23N5OS/c30-23(28(21-13-6-2-7-14-21)19-20-11-4-1-5-12-20)17-10-18-31-24-25-26-27-29(24)22-15-8-3-9-16-22/h1-9,11-16H,10,17-19H2. The molecule has 0 N–H and O–H groups in total. The van der Waals surface area contributed by atoms with E-state index in [4.69, 9.17) is 0 Å². The zero-order valence-electron chi connectivity index (χ0n) is 17.0. The molecule has 1 heterocycles. The van der Waals surface area contributed by atoms with Crippen LogP contribution in [0.25, 0.3) is 5.69 Å². The first-order chi connectivity index (χ1) is 15.3. The molecule has 4 rings (SSSR count). The quantitative estimate of drug-likeness (QED) is 0.283. The second kappa shape index (κ2) is 10.5. The van der Waals surface area contributed by atoms with E-state index in [0.29, 0.717) is 13.0 Å². The fourth-order valence-corrected chi connectivity index (χ4v) is 4.05. The van der Waals surface area contributed by atoms with Gasteiger partial charge < -0.3 is 4.90 Å². The zero-order chi connectivity index (χ0) is 21.3. The number of tetrazole rings is 1. The van der Waals surface area contributed by atoms with Gasteiger partial charge in [0.15, 0.2) is 0 Å². The van der Waals surface area contributed by atoms with Crippen LogP contribution in [0.2, 0.25) is 0 Å². The Labute approximate surface area is 185 Å². The highest BCUT2D eigenvalue weighted by Crippen LogP contribution is 2.22. The Balaban J connectivity index is 1.36. The molecule has 0 aliphatic carbocycles. The first kappa shape index (κ1) is 20.8. The summed E-state index contributed by atoms with van der Waals surface area (Å²) < 4.78 is 1.72. The van der Waals surface area contributed by atoms with Crippen LogP contribution in [0.4, 0.5) is 5.69 Å². The summed E-state index contributed by atoms with van der Waals surface area (Å²) in [5.41, 5.74) is 2.94. The summed E-state index contributed by atoms with van der Waals surface area (Å²) in [7, 11) is 0. The van der Waals surface area contributed by atoms with Crippen molar-refractivity contribution < 1.29 is 4.79 Å². The largest absolute Gasteiger partial charge is 0.308 e. The lowest BCUT2D eigenvalue weighted by atomic mass is 10.1. The fraction of sp³-hybridized carbons (Fsp3) is 0.167. The molecule has 1 amide bonds. The Bertz CT molecular complexity index is 1090. The van der Waals surface area contributed by atoms with Crippen LogP contribution in [-0.4, -0.2) is 31.9 Å². The van der Waals surface area contributed by atoms with E-state index in [1.165, 1.54) is 0 Å². The van der Waals surface area contributed by atoms with Crippen molar-refractivity contribution in [1.82, 2.24) is 20.2 Å². The molecule has 0 aliphatic rings. The minimum Gasteiger partial charge on any atom is -0.308 e. The van der Waals surface area contributed by atoms with Crippen molar-refractivity contribution in [2.24, 2.45) is 0 Å². The van der Waals surface area contributed by atoms with Crippen LogP contribution >= 0.6 is 11.8 Å². The molecule has 0 radical (unpaired) electrons. The lowest BCUT2D eigenvalue weighted by Gasteiger charge is -2.23. The Hall–Kier alpha value is -3.45. The highest BCUT2D eigenvalue weighted by atomic mass is 32.2. The summed E-state index contributed by atoms with van der Waals surface area (Å²) in [6, 6.07) is 29.7. The van der Waals surface area contributed by atoms with Crippen molar-refractivity contribution in [1.29, 1.82) is 0 Å². The molecule has 0 fully saturated rings. The molecule has 0 unspecified atom stereocenters. The molecule has 4 aromatic rings. The van der Waals surface area contributed by atoms with Gasteiger partial charge in [-0.2, -0.15) is 4.68 Å². The lowest BCUT2D eigenvalue weighted by molar-refractivity contribution is -0.118. The maximum Gasteiger partial charge on any atom is 0.227 e. The average molecular weight is 430 g/mol. The summed E-state index contributed by atoms with van der Waals surface area (Å²) >= 11 is 1.56. The molecule has 0 spiro atoms. The number of carbonyl (C=O) groups is 1. The van der Waals surface area contributed by atoms with Crippen LogP contribution in [-0.2, 0) is 11.3 Å². The number of thioether (sulfide) groups is 1. The number of carbonyl (C=O) groups excluding carboxylic acids is 1. The average Bonchev–Trinajstić information content (AvgIpc) is 3.30. The number of anilines is 1. The second-order valence-electron chi connectivity index (χ2n) is 6.96. The monoisotopic (exact) mass is 429 g/mol. The normalized spacial score (nSPS) is 10.7. The van der Waals surface area contributed by atoms with Crippen molar-refractivity contribution in [3.8, 4) is 5.69 Å². The van der Waals surface area contributed by atoms with Gasteiger partial charge in [0.25, 0.3) is 0 Å². The van der Waals surface area contributed by atoms with E-state index < -0.39 is 0 Å². The van der Waals surface area contributed by atoms with Crippen LogP contribution in [0, 0.1) is 0 Å². The van der Waals surface area contributed by atoms with Gasteiger partial charge in [-0.25, -0.2) is 0 Å². The Kier molecular flexibility index (Phi) is 7.08. The molecule has 0 aliphatic heterocycles. The van der Waals surface area contributed by atoms with Crippen LogP contribution in [0.3, 0.4) is 0 Å². The van der Waals surface area contributed by atoms with Gasteiger partial charge in [0, 0.05) is 17.9 Å². The van der Waals surface area contributed by atoms with Gasteiger partial charge in [0.1, 0.15) is 0 Å². The number of aromatic nitrogens is 4. The van der Waals surface area contributed by atoms with Crippen molar-refractivity contribution in [2.75, 3.05) is 10.7 Å². The number of hydrogen-bond donors (Lipinski definition) is 0. The number of para-hydroxylation sites is 2. The minimum absolute atomic E-state index is 0.110. The molecule has 6 nitrogen and oxygen atoms in total. The Morgan fingerprint density at radius 3 is 2.23 bits per heavy atom. The highest BCUT2D eigenvalue weighted by Gasteiger charge is 2.16. The van der Waals surface area contributed by atoms with Crippen molar-refractivity contribution in [3.05, 3.63) is 96.6 Å². The van der Waals surface area contributed by atoms with E-state index in [0.717, 1.165) is 34.3 Å². The van der Waals surface area contributed by atoms with E-state index in [-0.39, 0.29) is 5.91 Å². The molecular weight excluding hydrogens is 406 g/mol. The molecule has 0 saturated heterocycles. The number of amides is 1. The van der Waals surface area contributed by atoms with Gasteiger partial charge in [0.2, 0.25) is 11.1 Å². The summed E-state index contributed by atoms with van der Waals surface area (Å²) in [6.07, 6.45) is 1.20. The number of rotatable bonds is 9.